The van der Waals surface area contributed by atoms with Crippen molar-refractivity contribution in [3.63, 3.8) is 0 Å². The molecule has 0 aliphatic carbocycles. The van der Waals surface area contributed by atoms with E-state index in [1.165, 1.54) is 0 Å². The fraction of sp³-hybridized carbons (Fsp3) is 0. The Morgan fingerprint density at radius 1 is 1.00 bits per heavy atom. The molecule has 0 unspecified atom stereocenters. The maximum Gasteiger partial charge on any atom is 0 e. The molecular formula is AlMgTiV. The van der Waals surface area contributed by atoms with Gasteiger partial charge in [0, 0.05) is 80.7 Å². The van der Waals surface area contributed by atoms with Crippen LogP contribution in [0.3, 0.4) is 0 Å². The van der Waals surface area contributed by atoms with Gasteiger partial charge in [-0.1, -0.05) is 0 Å². The van der Waals surface area contributed by atoms with Gasteiger partial charge < -0.3 is 0 Å². The summed E-state index contributed by atoms with van der Waals surface area (Å²) >= 11 is 0. The van der Waals surface area contributed by atoms with E-state index in [-0.39, 0.29) is 80.7 Å². The van der Waals surface area contributed by atoms with Crippen molar-refractivity contribution in [2.45, 2.75) is 0 Å². The van der Waals surface area contributed by atoms with Crippen molar-refractivity contribution >= 4 is 40.4 Å². The van der Waals surface area contributed by atoms with Crippen LogP contribution in [-0.2, 0) is 40.3 Å². The van der Waals surface area contributed by atoms with Crippen molar-refractivity contribution in [1.82, 2.24) is 0 Å². The van der Waals surface area contributed by atoms with E-state index in [1.807, 2.05) is 0 Å². The van der Waals surface area contributed by atoms with Gasteiger partial charge in [-0.3, -0.25) is 0 Å². The Labute approximate surface area is 79.5 Å². The molecule has 0 saturated heterocycles. The van der Waals surface area contributed by atoms with Crippen molar-refractivity contribution in [2.24, 2.45) is 0 Å². The molecule has 4 heteroatoms. The van der Waals surface area contributed by atoms with Crippen molar-refractivity contribution in [2.75, 3.05) is 0 Å². The van der Waals surface area contributed by atoms with E-state index in [1.54, 1.807) is 0 Å². The Hall–Kier alpha value is 2.60. The van der Waals surface area contributed by atoms with E-state index in [9.17, 15) is 0 Å². The summed E-state index contributed by atoms with van der Waals surface area (Å²) in [6.45, 7) is 0. The predicted octanol–water partition coefficient (Wildman–Crippen LogP) is -0.767. The summed E-state index contributed by atoms with van der Waals surface area (Å²) in [5.74, 6) is 0. The first-order valence-corrected chi connectivity index (χ1v) is 0. The Bertz CT molecular complexity index is 8.00. The van der Waals surface area contributed by atoms with Crippen molar-refractivity contribution in [1.29, 1.82) is 0 Å². The van der Waals surface area contributed by atoms with Crippen LogP contribution in [0.5, 0.6) is 0 Å². The second kappa shape index (κ2) is 17.5. The molecule has 0 fully saturated rings. The molecule has 0 spiro atoms. The molecule has 0 N–H and O–H groups in total. The zero-order valence-corrected chi connectivity index (χ0v) is 7.76. The second-order valence-electron chi connectivity index (χ2n) is 0. The minimum absolute atomic E-state index is 0. The molecule has 0 heterocycles. The molecule has 0 aromatic heterocycles. The quantitative estimate of drug-likeness (QED) is 0.398. The maximum absolute atomic E-state index is 0. The van der Waals surface area contributed by atoms with E-state index in [4.69, 9.17) is 0 Å². The van der Waals surface area contributed by atoms with Crippen LogP contribution in [0.4, 0.5) is 0 Å². The number of hydrogen-bond donors (Lipinski definition) is 0. The maximum atomic E-state index is 0. The molecule has 0 atom stereocenters. The van der Waals surface area contributed by atoms with E-state index in [2.05, 4.69) is 0 Å². The van der Waals surface area contributed by atoms with Gasteiger partial charge in [0.15, 0.2) is 0 Å². The zero-order chi connectivity index (χ0) is 0. The molecule has 0 aliphatic rings. The van der Waals surface area contributed by atoms with Crippen LogP contribution in [0.15, 0.2) is 0 Å². The number of hydrogen-bond acceptors (Lipinski definition) is 0. The van der Waals surface area contributed by atoms with E-state index >= 15 is 0 Å². The summed E-state index contributed by atoms with van der Waals surface area (Å²) in [5.41, 5.74) is 0. The Balaban J connectivity index is 0. The van der Waals surface area contributed by atoms with Gasteiger partial charge in [-0.25, -0.2) is 0 Å². The molecule has 0 aromatic carbocycles. The summed E-state index contributed by atoms with van der Waals surface area (Å²) in [6, 6.07) is 0. The van der Waals surface area contributed by atoms with Crippen LogP contribution < -0.4 is 0 Å². The summed E-state index contributed by atoms with van der Waals surface area (Å²) in [6.07, 6.45) is 0. The van der Waals surface area contributed by atoms with Gasteiger partial charge in [0.1, 0.15) is 0 Å². The largest absolute Gasteiger partial charge is 0 e. The van der Waals surface area contributed by atoms with Crippen LogP contribution in [0.25, 0.3) is 0 Å². The fourth-order valence-electron chi connectivity index (χ4n) is 0. The molecule has 14 valence electrons. The Morgan fingerprint density at radius 2 is 1.00 bits per heavy atom. The monoisotopic (exact) mass is 150 g/mol. The molecular weight excluding hydrogens is 150 g/mol. The van der Waals surface area contributed by atoms with Crippen molar-refractivity contribution < 1.29 is 40.3 Å². The van der Waals surface area contributed by atoms with E-state index in [0.717, 1.165) is 0 Å². The average molecular weight is 150 g/mol. The summed E-state index contributed by atoms with van der Waals surface area (Å²) in [4.78, 5) is 0. The van der Waals surface area contributed by atoms with Gasteiger partial charge >= 0.3 is 0 Å². The molecule has 0 bridgehead atoms. The molecule has 0 saturated carbocycles. The van der Waals surface area contributed by atoms with Crippen LogP contribution in [0.2, 0.25) is 0 Å². The Kier molecular flexibility index (Phi) is 134. The SMILES string of the molecule is [Al].[Mg].[Ti].[V]. The Morgan fingerprint density at radius 3 is 1.00 bits per heavy atom. The second-order valence-corrected chi connectivity index (χ2v) is 0. The normalized spacial score (nSPS) is 0. The molecule has 6 radical (unpaired) electrons. The van der Waals surface area contributed by atoms with Gasteiger partial charge in [0.25, 0.3) is 0 Å². The van der Waals surface area contributed by atoms with Crippen molar-refractivity contribution in [3.05, 3.63) is 0 Å². The molecule has 0 rings (SSSR count). The first-order valence-electron chi connectivity index (χ1n) is 0. The minimum Gasteiger partial charge on any atom is 0 e. The summed E-state index contributed by atoms with van der Waals surface area (Å²) in [5, 5.41) is 0. The first-order chi connectivity index (χ1) is 0. The smallest absolute Gasteiger partial charge is 0 e. The third-order valence-corrected chi connectivity index (χ3v) is 0. The van der Waals surface area contributed by atoms with E-state index in [0.29, 0.717) is 0 Å². The van der Waals surface area contributed by atoms with Crippen LogP contribution in [0.1, 0.15) is 0 Å². The van der Waals surface area contributed by atoms with Gasteiger partial charge in [0.05, 0.1) is 0 Å². The standard InChI is InChI=1S/Al.Mg.Ti.V. The third kappa shape index (κ3) is 8.82. The molecule has 0 amide bonds. The topological polar surface area (TPSA) is 0 Å². The molecule has 4 heavy (non-hydrogen) atoms. The van der Waals surface area contributed by atoms with E-state index < -0.39 is 0 Å². The van der Waals surface area contributed by atoms with Crippen LogP contribution >= 0.6 is 0 Å². The third-order valence-electron chi connectivity index (χ3n) is 0. The first kappa shape index (κ1) is 30.6. The predicted molar refractivity (Wildman–Crippen MR) is 11.5 cm³/mol. The van der Waals surface area contributed by atoms with Crippen LogP contribution in [-0.4, -0.2) is 40.4 Å². The van der Waals surface area contributed by atoms with Gasteiger partial charge in [-0.15, -0.1) is 0 Å². The van der Waals surface area contributed by atoms with Gasteiger partial charge in [-0.05, 0) is 0 Å². The molecule has 0 aromatic rings. The average Bonchev–Trinajstić information content (AvgIpc) is 0. The molecule has 0 aliphatic heterocycles. The minimum atomic E-state index is 0. The number of rotatable bonds is 0. The zero-order valence-electron chi connectivity index (χ0n) is 2.23. The van der Waals surface area contributed by atoms with Crippen molar-refractivity contribution in [3.8, 4) is 0 Å². The molecule has 0 nitrogen and oxygen atoms in total. The van der Waals surface area contributed by atoms with Crippen LogP contribution in [0, 0.1) is 0 Å². The fourth-order valence-corrected chi connectivity index (χ4v) is 0. The van der Waals surface area contributed by atoms with Gasteiger partial charge in [0.2, 0.25) is 0 Å². The summed E-state index contributed by atoms with van der Waals surface area (Å²) in [7, 11) is 0. The summed E-state index contributed by atoms with van der Waals surface area (Å²) < 4.78 is 0. The van der Waals surface area contributed by atoms with Gasteiger partial charge in [-0.2, -0.15) is 0 Å².